The summed E-state index contributed by atoms with van der Waals surface area (Å²) in [6.45, 7) is 0. The highest BCUT2D eigenvalue weighted by Gasteiger charge is 2.17. The molecule has 4 nitrogen and oxygen atoms in total. The summed E-state index contributed by atoms with van der Waals surface area (Å²) < 4.78 is 0. The van der Waals surface area contributed by atoms with E-state index in [9.17, 15) is 0 Å². The molecule has 0 saturated carbocycles. The molecule has 0 unspecified atom stereocenters. The number of aromatic nitrogens is 2. The van der Waals surface area contributed by atoms with E-state index in [1.54, 1.807) is 29.2 Å². The number of halogens is 2. The van der Waals surface area contributed by atoms with Gasteiger partial charge >= 0.3 is 0 Å². The van der Waals surface area contributed by atoms with Gasteiger partial charge in [0.1, 0.15) is 0 Å². The molecule has 1 aliphatic heterocycles. The maximum atomic E-state index is 6.56. The predicted octanol–water partition coefficient (Wildman–Crippen LogP) is 5.46. The van der Waals surface area contributed by atoms with Crippen molar-refractivity contribution in [2.24, 2.45) is 5.10 Å². The van der Waals surface area contributed by atoms with Crippen molar-refractivity contribution < 1.29 is 0 Å². The number of para-hydroxylation sites is 2. The van der Waals surface area contributed by atoms with E-state index in [1.165, 1.54) is 0 Å². The fourth-order valence-corrected chi connectivity index (χ4v) is 4.19. The molecule has 7 heteroatoms. The van der Waals surface area contributed by atoms with Gasteiger partial charge in [-0.05, 0) is 30.3 Å². The van der Waals surface area contributed by atoms with Gasteiger partial charge in [0.05, 0.1) is 28.5 Å². The van der Waals surface area contributed by atoms with E-state index in [2.05, 4.69) is 15.1 Å². The Bertz CT molecular complexity index is 1050. The first-order valence-electron chi connectivity index (χ1n) is 7.93. The van der Waals surface area contributed by atoms with Crippen LogP contribution < -0.4 is 5.01 Å². The molecule has 3 aromatic rings. The molecule has 0 aliphatic carbocycles. The number of hydrogen-bond acceptors (Lipinski definition) is 5. The first kappa shape index (κ1) is 17.3. The first-order valence-corrected chi connectivity index (χ1v) is 9.67. The number of anilines is 1. The molecule has 2 heterocycles. The van der Waals surface area contributed by atoms with Crippen LogP contribution in [0.4, 0.5) is 5.82 Å². The molecule has 0 atom stereocenters. The zero-order chi connectivity index (χ0) is 18.1. The van der Waals surface area contributed by atoms with E-state index >= 15 is 0 Å². The molecular weight excluding hydrogens is 387 g/mol. The van der Waals surface area contributed by atoms with Crippen LogP contribution in [0.15, 0.2) is 64.2 Å². The Hall–Kier alpha value is -2.08. The number of hydrazone groups is 1. The third-order valence-electron chi connectivity index (χ3n) is 4.00. The number of nitrogens with zero attached hydrogens (tertiary/aromatic N) is 4. The molecule has 0 bridgehead atoms. The molecule has 2 aromatic carbocycles. The van der Waals surface area contributed by atoms with E-state index < -0.39 is 0 Å². The molecule has 0 saturated heterocycles. The van der Waals surface area contributed by atoms with Crippen molar-refractivity contribution >= 4 is 63.1 Å². The molecule has 0 fully saturated rings. The van der Waals surface area contributed by atoms with E-state index in [4.69, 9.17) is 23.2 Å². The van der Waals surface area contributed by atoms with Crippen LogP contribution in [0.5, 0.6) is 0 Å². The minimum atomic E-state index is 0.670. The Labute approximate surface area is 165 Å². The van der Waals surface area contributed by atoms with Gasteiger partial charge in [-0.25, -0.2) is 9.99 Å². The van der Waals surface area contributed by atoms with Crippen LogP contribution >= 0.6 is 35.0 Å². The summed E-state index contributed by atoms with van der Waals surface area (Å²) in [6.07, 6.45) is 3.48. The largest absolute Gasteiger partial charge is 0.251 e. The fourth-order valence-electron chi connectivity index (χ4n) is 2.60. The van der Waals surface area contributed by atoms with Crippen molar-refractivity contribution in [2.75, 3.05) is 17.8 Å². The number of hydrogen-bond donors (Lipinski definition) is 0. The SMILES string of the molecule is CN(/N=C/C1=C(Cl)c2cc(Cl)ccc2SC1)c1cnc2ccccc2n1. The molecule has 1 aromatic heterocycles. The Morgan fingerprint density at radius 2 is 1.96 bits per heavy atom. The van der Waals surface area contributed by atoms with E-state index in [-0.39, 0.29) is 0 Å². The van der Waals surface area contributed by atoms with Crippen molar-refractivity contribution in [3.63, 3.8) is 0 Å². The normalized spacial score (nSPS) is 14.1. The lowest BCUT2D eigenvalue weighted by molar-refractivity contribution is 0.981. The van der Waals surface area contributed by atoms with Crippen molar-refractivity contribution in [3.05, 3.63) is 64.8 Å². The maximum absolute atomic E-state index is 6.56. The predicted molar refractivity (Wildman–Crippen MR) is 111 cm³/mol. The lowest BCUT2D eigenvalue weighted by atomic mass is 10.1. The summed E-state index contributed by atoms with van der Waals surface area (Å²) in [5, 5.41) is 7.53. The van der Waals surface area contributed by atoms with Crippen molar-refractivity contribution in [3.8, 4) is 0 Å². The average Bonchev–Trinajstić information content (AvgIpc) is 2.67. The Morgan fingerprint density at radius 3 is 2.81 bits per heavy atom. The average molecular weight is 401 g/mol. The summed E-state index contributed by atoms with van der Waals surface area (Å²) in [5.74, 6) is 1.43. The number of fused-ring (bicyclic) bond motifs is 2. The quantitative estimate of drug-likeness (QED) is 0.432. The van der Waals surface area contributed by atoms with Gasteiger partial charge in [-0.2, -0.15) is 5.10 Å². The second-order valence-corrected chi connectivity index (χ2v) is 7.59. The molecule has 0 N–H and O–H groups in total. The second kappa shape index (κ2) is 7.27. The van der Waals surface area contributed by atoms with Gasteiger partial charge in [0.15, 0.2) is 5.82 Å². The van der Waals surface area contributed by atoms with E-state index in [1.807, 2.05) is 49.5 Å². The number of rotatable bonds is 3. The molecule has 0 amide bonds. The third kappa shape index (κ3) is 3.43. The molecule has 26 heavy (non-hydrogen) atoms. The van der Waals surface area contributed by atoms with Crippen LogP contribution in [-0.4, -0.2) is 29.0 Å². The van der Waals surface area contributed by atoms with Crippen molar-refractivity contribution in [2.45, 2.75) is 4.90 Å². The van der Waals surface area contributed by atoms with Gasteiger partial charge in [-0.1, -0.05) is 35.3 Å². The smallest absolute Gasteiger partial charge is 0.167 e. The van der Waals surface area contributed by atoms with Crippen LogP contribution in [0.1, 0.15) is 5.56 Å². The van der Waals surface area contributed by atoms with E-state index in [0.29, 0.717) is 15.9 Å². The summed E-state index contributed by atoms with van der Waals surface area (Å²) >= 11 is 14.4. The van der Waals surface area contributed by atoms with Gasteiger partial charge in [-0.3, -0.25) is 4.98 Å². The topological polar surface area (TPSA) is 41.4 Å². The van der Waals surface area contributed by atoms with Crippen LogP contribution in [0.2, 0.25) is 5.02 Å². The van der Waals surface area contributed by atoms with Crippen LogP contribution in [0.3, 0.4) is 0 Å². The summed E-state index contributed by atoms with van der Waals surface area (Å²) in [6, 6.07) is 13.5. The minimum absolute atomic E-state index is 0.670. The molecule has 0 spiro atoms. The van der Waals surface area contributed by atoms with Gasteiger partial charge < -0.3 is 0 Å². The van der Waals surface area contributed by atoms with Crippen LogP contribution in [0.25, 0.3) is 16.1 Å². The first-order chi connectivity index (χ1) is 12.6. The third-order valence-corrected chi connectivity index (χ3v) is 5.80. The second-order valence-electron chi connectivity index (χ2n) is 5.75. The maximum Gasteiger partial charge on any atom is 0.167 e. The Kier molecular flexibility index (Phi) is 4.85. The highest BCUT2D eigenvalue weighted by molar-refractivity contribution is 7.99. The monoisotopic (exact) mass is 400 g/mol. The standard InChI is InChI=1S/C19H14Cl2N4S/c1-25(18-10-22-15-4-2-3-5-16(15)24-18)23-9-12-11-26-17-7-6-13(20)8-14(17)19(12)21/h2-10H,11H2,1H3/b23-9+. The highest BCUT2D eigenvalue weighted by atomic mass is 35.5. The summed E-state index contributed by atoms with van der Waals surface area (Å²) in [7, 11) is 1.84. The van der Waals surface area contributed by atoms with Gasteiger partial charge in [-0.15, -0.1) is 11.8 Å². The van der Waals surface area contributed by atoms with Gasteiger partial charge in [0.2, 0.25) is 0 Å². The van der Waals surface area contributed by atoms with Crippen molar-refractivity contribution in [1.29, 1.82) is 0 Å². The number of benzene rings is 2. The molecule has 1 aliphatic rings. The minimum Gasteiger partial charge on any atom is -0.251 e. The zero-order valence-electron chi connectivity index (χ0n) is 13.9. The van der Waals surface area contributed by atoms with Gasteiger partial charge in [0, 0.05) is 33.9 Å². The molecular formula is C19H14Cl2N4S. The van der Waals surface area contributed by atoms with Gasteiger partial charge in [0.25, 0.3) is 0 Å². The summed E-state index contributed by atoms with van der Waals surface area (Å²) in [5.41, 5.74) is 3.59. The van der Waals surface area contributed by atoms with E-state index in [0.717, 1.165) is 32.8 Å². The van der Waals surface area contributed by atoms with Crippen LogP contribution in [-0.2, 0) is 0 Å². The number of thioether (sulfide) groups is 1. The molecule has 4 rings (SSSR count). The molecule has 0 radical (unpaired) electrons. The summed E-state index contributed by atoms with van der Waals surface area (Å²) in [4.78, 5) is 10.1. The molecule has 130 valence electrons. The highest BCUT2D eigenvalue weighted by Crippen LogP contribution is 2.39. The lowest BCUT2D eigenvalue weighted by Gasteiger charge is -2.18. The lowest BCUT2D eigenvalue weighted by Crippen LogP contribution is -2.12. The van der Waals surface area contributed by atoms with Crippen molar-refractivity contribution in [1.82, 2.24) is 9.97 Å². The Morgan fingerprint density at radius 1 is 1.15 bits per heavy atom. The Balaban J connectivity index is 1.61. The fraction of sp³-hybridized carbons (Fsp3) is 0.105. The zero-order valence-corrected chi connectivity index (χ0v) is 16.2. The van der Waals surface area contributed by atoms with Crippen LogP contribution in [0, 0.1) is 0 Å².